The van der Waals surface area contributed by atoms with Gasteiger partial charge in [0.1, 0.15) is 0 Å². The van der Waals surface area contributed by atoms with E-state index in [1.165, 1.54) is 18.4 Å². The summed E-state index contributed by atoms with van der Waals surface area (Å²) in [5.41, 5.74) is 1.32. The first-order valence-electron chi connectivity index (χ1n) is 4.88. The van der Waals surface area contributed by atoms with Crippen LogP contribution in [0, 0.1) is 11.8 Å². The average molecular weight is 195 g/mol. The molecule has 1 aliphatic carbocycles. The maximum Gasteiger partial charge on any atom is 0.233 e. The normalized spacial score (nSPS) is 38.1. The monoisotopic (exact) mass is 195 g/mol. The molecule has 70 valence electrons. The van der Waals surface area contributed by atoms with E-state index in [-0.39, 0.29) is 0 Å². The summed E-state index contributed by atoms with van der Waals surface area (Å²) in [6.45, 7) is 2.10. The standard InChI is InChI=1S/C10H13NOS/c1-6-4-11-9(12)8(7-2-3-7)10(11)13-5-6/h4,7-8,10H,2-3,5H2,1H3/t8?,10-/m0/s1. The zero-order valence-electron chi connectivity index (χ0n) is 7.69. The second-order valence-electron chi connectivity index (χ2n) is 4.29. The Kier molecular flexibility index (Phi) is 1.54. The van der Waals surface area contributed by atoms with E-state index >= 15 is 0 Å². The molecule has 0 radical (unpaired) electrons. The van der Waals surface area contributed by atoms with Gasteiger partial charge in [0.25, 0.3) is 0 Å². The highest BCUT2D eigenvalue weighted by Gasteiger charge is 2.54. The number of thioether (sulfide) groups is 1. The van der Waals surface area contributed by atoms with Crippen LogP contribution in [-0.2, 0) is 4.79 Å². The van der Waals surface area contributed by atoms with Gasteiger partial charge >= 0.3 is 0 Å². The first-order chi connectivity index (χ1) is 6.27. The van der Waals surface area contributed by atoms with Crippen molar-refractivity contribution >= 4 is 17.7 Å². The molecule has 3 rings (SSSR count). The fourth-order valence-corrected chi connectivity index (χ4v) is 3.59. The molecule has 2 atom stereocenters. The van der Waals surface area contributed by atoms with Crippen molar-refractivity contribution in [1.82, 2.24) is 4.90 Å². The molecule has 0 N–H and O–H groups in total. The summed E-state index contributed by atoms with van der Waals surface area (Å²) in [5.74, 6) is 2.58. The van der Waals surface area contributed by atoms with Gasteiger partial charge in [-0.2, -0.15) is 0 Å². The highest BCUT2D eigenvalue weighted by atomic mass is 32.2. The van der Waals surface area contributed by atoms with Gasteiger partial charge in [-0.1, -0.05) is 0 Å². The van der Waals surface area contributed by atoms with Gasteiger partial charge in [0, 0.05) is 12.0 Å². The van der Waals surface area contributed by atoms with Gasteiger partial charge < -0.3 is 4.90 Å². The maximum atomic E-state index is 11.7. The van der Waals surface area contributed by atoms with Crippen LogP contribution < -0.4 is 0 Å². The predicted molar refractivity (Wildman–Crippen MR) is 53.1 cm³/mol. The zero-order valence-corrected chi connectivity index (χ0v) is 8.51. The average Bonchev–Trinajstić information content (AvgIpc) is 2.91. The van der Waals surface area contributed by atoms with Gasteiger partial charge in [0.15, 0.2) is 0 Å². The van der Waals surface area contributed by atoms with Crippen molar-refractivity contribution in [3.8, 4) is 0 Å². The van der Waals surface area contributed by atoms with Gasteiger partial charge in [-0.15, -0.1) is 11.8 Å². The lowest BCUT2D eigenvalue weighted by atomic mass is 9.93. The van der Waals surface area contributed by atoms with Crippen molar-refractivity contribution in [2.24, 2.45) is 11.8 Å². The Morgan fingerprint density at radius 1 is 1.54 bits per heavy atom. The Morgan fingerprint density at radius 2 is 2.31 bits per heavy atom. The smallest absolute Gasteiger partial charge is 0.233 e. The molecule has 1 saturated heterocycles. The highest BCUT2D eigenvalue weighted by Crippen LogP contribution is 2.51. The Hall–Kier alpha value is -0.440. The van der Waals surface area contributed by atoms with Crippen molar-refractivity contribution in [3.05, 3.63) is 11.8 Å². The molecule has 0 aromatic heterocycles. The summed E-state index contributed by atoms with van der Waals surface area (Å²) in [5, 5.41) is 0.490. The molecule has 0 aromatic carbocycles. The number of carbonyl (C=O) groups is 1. The number of rotatable bonds is 1. The molecule has 0 aromatic rings. The van der Waals surface area contributed by atoms with E-state index in [1.54, 1.807) is 0 Å². The number of hydrogen-bond acceptors (Lipinski definition) is 2. The summed E-state index contributed by atoms with van der Waals surface area (Å²) in [6.07, 6.45) is 4.61. The molecule has 2 fully saturated rings. The van der Waals surface area contributed by atoms with Crippen LogP contribution in [0.1, 0.15) is 19.8 Å². The van der Waals surface area contributed by atoms with E-state index in [9.17, 15) is 4.79 Å². The van der Waals surface area contributed by atoms with Crippen LogP contribution >= 0.6 is 11.8 Å². The fourth-order valence-electron chi connectivity index (χ4n) is 2.21. The lowest BCUT2D eigenvalue weighted by Gasteiger charge is -2.47. The van der Waals surface area contributed by atoms with Crippen LogP contribution in [0.25, 0.3) is 0 Å². The summed E-state index contributed by atoms with van der Waals surface area (Å²) in [7, 11) is 0. The number of β-lactam (4-membered cyclic amide) rings is 1. The van der Waals surface area contributed by atoms with Crippen molar-refractivity contribution in [1.29, 1.82) is 0 Å². The van der Waals surface area contributed by atoms with Crippen LogP contribution in [0.2, 0.25) is 0 Å². The van der Waals surface area contributed by atoms with Crippen molar-refractivity contribution in [3.63, 3.8) is 0 Å². The minimum absolute atomic E-state index is 0.370. The Morgan fingerprint density at radius 3 is 3.00 bits per heavy atom. The third kappa shape index (κ3) is 1.06. The molecule has 3 aliphatic rings. The van der Waals surface area contributed by atoms with E-state index in [0.29, 0.717) is 17.2 Å². The summed E-state index contributed by atoms with van der Waals surface area (Å²) in [4.78, 5) is 13.6. The molecule has 13 heavy (non-hydrogen) atoms. The van der Waals surface area contributed by atoms with Gasteiger partial charge in [-0.3, -0.25) is 4.79 Å². The molecular weight excluding hydrogens is 182 g/mol. The first-order valence-corrected chi connectivity index (χ1v) is 5.93. The molecule has 3 heteroatoms. The van der Waals surface area contributed by atoms with Crippen LogP contribution in [0.3, 0.4) is 0 Å². The minimum Gasteiger partial charge on any atom is -0.305 e. The van der Waals surface area contributed by atoms with E-state index in [1.807, 2.05) is 22.9 Å². The predicted octanol–water partition coefficient (Wildman–Crippen LogP) is 1.83. The molecule has 1 amide bonds. The zero-order chi connectivity index (χ0) is 9.00. The first kappa shape index (κ1) is 7.92. The van der Waals surface area contributed by atoms with Gasteiger partial charge in [-0.05, 0) is 31.3 Å². The summed E-state index contributed by atoms with van der Waals surface area (Å²) in [6, 6.07) is 0. The molecule has 0 bridgehead atoms. The quantitative estimate of drug-likeness (QED) is 0.595. The van der Waals surface area contributed by atoms with E-state index in [2.05, 4.69) is 6.92 Å². The Balaban J connectivity index is 1.82. The van der Waals surface area contributed by atoms with E-state index < -0.39 is 0 Å². The van der Waals surface area contributed by atoms with Crippen LogP contribution in [-0.4, -0.2) is 21.9 Å². The second-order valence-corrected chi connectivity index (χ2v) is 5.39. The number of hydrogen-bond donors (Lipinski definition) is 0. The highest BCUT2D eigenvalue weighted by molar-refractivity contribution is 8.00. The lowest BCUT2D eigenvalue weighted by Crippen LogP contribution is -2.58. The maximum absolute atomic E-state index is 11.7. The van der Waals surface area contributed by atoms with Gasteiger partial charge in [0.05, 0.1) is 11.3 Å². The van der Waals surface area contributed by atoms with Gasteiger partial charge in [0.2, 0.25) is 5.91 Å². The molecule has 2 aliphatic heterocycles. The number of fused-ring (bicyclic) bond motifs is 1. The van der Waals surface area contributed by atoms with Crippen LogP contribution in [0.4, 0.5) is 0 Å². The SMILES string of the molecule is CC1=CN2C(=O)C(C3CC3)[C@@H]2SC1. The molecule has 1 saturated carbocycles. The topological polar surface area (TPSA) is 20.3 Å². The summed E-state index contributed by atoms with van der Waals surface area (Å²) >= 11 is 1.94. The molecule has 2 nitrogen and oxygen atoms in total. The third-order valence-electron chi connectivity index (χ3n) is 3.09. The van der Waals surface area contributed by atoms with E-state index in [0.717, 1.165) is 11.7 Å². The molecule has 0 spiro atoms. The molecule has 2 heterocycles. The van der Waals surface area contributed by atoms with Crippen LogP contribution in [0.5, 0.6) is 0 Å². The van der Waals surface area contributed by atoms with E-state index in [4.69, 9.17) is 0 Å². The van der Waals surface area contributed by atoms with Crippen LogP contribution in [0.15, 0.2) is 11.8 Å². The number of amides is 1. The number of carbonyl (C=O) groups excluding carboxylic acids is 1. The number of nitrogens with zero attached hydrogens (tertiary/aromatic N) is 1. The Labute approximate surface area is 82.4 Å². The lowest BCUT2D eigenvalue weighted by molar-refractivity contribution is -0.147. The minimum atomic E-state index is 0.370. The largest absolute Gasteiger partial charge is 0.305 e. The van der Waals surface area contributed by atoms with Crippen molar-refractivity contribution < 1.29 is 4.79 Å². The molecular formula is C10H13NOS. The second kappa shape index (κ2) is 2.53. The molecule has 1 unspecified atom stereocenters. The fraction of sp³-hybridized carbons (Fsp3) is 0.700. The van der Waals surface area contributed by atoms with Crippen molar-refractivity contribution in [2.75, 3.05) is 5.75 Å². The van der Waals surface area contributed by atoms with Crippen molar-refractivity contribution in [2.45, 2.75) is 25.1 Å². The Bertz CT molecular complexity index is 295. The summed E-state index contributed by atoms with van der Waals surface area (Å²) < 4.78 is 0. The third-order valence-corrected chi connectivity index (χ3v) is 4.58. The van der Waals surface area contributed by atoms with Gasteiger partial charge in [-0.25, -0.2) is 0 Å².